The lowest BCUT2D eigenvalue weighted by molar-refractivity contribution is -0.143. The molecule has 1 atom stereocenters. The topological polar surface area (TPSA) is 62.5 Å². The summed E-state index contributed by atoms with van der Waals surface area (Å²) < 4.78 is 2.10. The Hall–Kier alpha value is -2.50. The summed E-state index contributed by atoms with van der Waals surface area (Å²) in [6, 6.07) is 13.7. The summed E-state index contributed by atoms with van der Waals surface area (Å²) in [5, 5.41) is 11.7. The highest BCUT2D eigenvalue weighted by Crippen LogP contribution is 2.31. The zero-order valence-corrected chi connectivity index (χ0v) is 21.6. The Morgan fingerprint density at radius 3 is 2.49 bits per heavy atom. The second-order valence-electron chi connectivity index (χ2n) is 9.51. The molecule has 1 fully saturated rings. The third-order valence-electron chi connectivity index (χ3n) is 7.07. The van der Waals surface area contributed by atoms with Crippen LogP contribution in [0.15, 0.2) is 42.5 Å². The maximum atomic E-state index is 13.7. The molecule has 1 aliphatic rings. The fourth-order valence-electron chi connectivity index (χ4n) is 5.19. The number of halogens is 2. The summed E-state index contributed by atoms with van der Waals surface area (Å²) in [7, 11) is 2.00. The number of carbonyl (C=O) groups excluding carboxylic acids is 1. The van der Waals surface area contributed by atoms with Gasteiger partial charge in [-0.3, -0.25) is 9.59 Å². The van der Waals surface area contributed by atoms with Crippen LogP contribution >= 0.6 is 23.2 Å². The number of carbonyl (C=O) groups is 2. The minimum absolute atomic E-state index is 0.0835. The molecule has 4 rings (SSSR count). The number of amides is 1. The summed E-state index contributed by atoms with van der Waals surface area (Å²) in [5.41, 5.74) is 3.91. The molecule has 0 unspecified atom stereocenters. The highest BCUT2D eigenvalue weighted by atomic mass is 35.5. The number of carboxylic acid groups (broad SMARTS) is 1. The van der Waals surface area contributed by atoms with E-state index in [1.807, 2.05) is 43.4 Å². The van der Waals surface area contributed by atoms with Gasteiger partial charge in [0.25, 0.3) is 5.91 Å². The number of piperidine rings is 1. The molecule has 0 aliphatic carbocycles. The first-order chi connectivity index (χ1) is 16.8. The number of aromatic nitrogens is 1. The van der Waals surface area contributed by atoms with Crippen molar-refractivity contribution >= 4 is 46.0 Å². The molecule has 0 spiro atoms. The summed E-state index contributed by atoms with van der Waals surface area (Å²) in [6.45, 7) is 0.844. The number of unbranched alkanes of at least 4 members (excludes halogenated alkanes) is 3. The predicted octanol–water partition coefficient (Wildman–Crippen LogP) is 6.77. The fourth-order valence-corrected chi connectivity index (χ4v) is 5.57. The van der Waals surface area contributed by atoms with Crippen molar-refractivity contribution < 1.29 is 14.7 Å². The lowest BCUT2D eigenvalue weighted by Gasteiger charge is -2.31. The Bertz CT molecular complexity index is 1220. The molecule has 3 aromatic rings. The average Bonchev–Trinajstić information content (AvgIpc) is 3.11. The first kappa shape index (κ1) is 25.6. The lowest BCUT2D eigenvalue weighted by atomic mass is 9.96. The van der Waals surface area contributed by atoms with E-state index in [4.69, 9.17) is 23.2 Å². The SMILES string of the molecule is Cn1c(CCCCCCc2cccc(Cl)c2)c(C(=O)N2CCC[C@@H](C(=O)O)C2)c2cc(Cl)ccc21. The normalized spacial score (nSPS) is 16.1. The van der Waals surface area contributed by atoms with Crippen molar-refractivity contribution in [2.45, 2.75) is 51.4 Å². The minimum Gasteiger partial charge on any atom is -0.481 e. The molecule has 5 nitrogen and oxygen atoms in total. The highest BCUT2D eigenvalue weighted by molar-refractivity contribution is 6.31. The maximum absolute atomic E-state index is 13.7. The summed E-state index contributed by atoms with van der Waals surface area (Å²) in [6.07, 6.45) is 7.37. The Labute approximate surface area is 216 Å². The van der Waals surface area contributed by atoms with Crippen LogP contribution in [-0.2, 0) is 24.7 Å². The molecule has 2 aromatic carbocycles. The first-order valence-electron chi connectivity index (χ1n) is 12.4. The maximum Gasteiger partial charge on any atom is 0.308 e. The van der Waals surface area contributed by atoms with Crippen LogP contribution in [0.25, 0.3) is 10.9 Å². The van der Waals surface area contributed by atoms with Crippen LogP contribution in [0.2, 0.25) is 10.0 Å². The van der Waals surface area contributed by atoms with Gasteiger partial charge in [0, 0.05) is 46.8 Å². The van der Waals surface area contributed by atoms with Gasteiger partial charge < -0.3 is 14.6 Å². The lowest BCUT2D eigenvalue weighted by Crippen LogP contribution is -2.42. The first-order valence-corrected chi connectivity index (χ1v) is 13.1. The molecular formula is C28H32Cl2N2O3. The van der Waals surface area contributed by atoms with Gasteiger partial charge in [-0.2, -0.15) is 0 Å². The monoisotopic (exact) mass is 514 g/mol. The van der Waals surface area contributed by atoms with E-state index >= 15 is 0 Å². The third-order valence-corrected chi connectivity index (χ3v) is 7.54. The summed E-state index contributed by atoms with van der Waals surface area (Å²) in [4.78, 5) is 27.0. The summed E-state index contributed by atoms with van der Waals surface area (Å²) in [5.74, 6) is -1.42. The van der Waals surface area contributed by atoms with Crippen molar-refractivity contribution in [2.75, 3.05) is 13.1 Å². The van der Waals surface area contributed by atoms with Gasteiger partial charge in [0.2, 0.25) is 0 Å². The fraction of sp³-hybridized carbons (Fsp3) is 0.429. The number of nitrogens with zero attached hydrogens (tertiary/aromatic N) is 2. The number of fused-ring (bicyclic) bond motifs is 1. The third kappa shape index (κ3) is 6.02. The van der Waals surface area contributed by atoms with Gasteiger partial charge in [-0.1, -0.05) is 48.2 Å². The Balaban J connectivity index is 1.47. The molecule has 2 heterocycles. The van der Waals surface area contributed by atoms with Gasteiger partial charge in [-0.05, 0) is 74.4 Å². The van der Waals surface area contributed by atoms with E-state index in [1.165, 1.54) is 5.56 Å². The summed E-state index contributed by atoms with van der Waals surface area (Å²) >= 11 is 12.4. The number of likely N-dealkylation sites (tertiary alicyclic amines) is 1. The average molecular weight is 515 g/mol. The highest BCUT2D eigenvalue weighted by Gasteiger charge is 2.31. The van der Waals surface area contributed by atoms with Gasteiger partial charge in [0.15, 0.2) is 0 Å². The number of benzene rings is 2. The molecule has 0 bridgehead atoms. The van der Waals surface area contributed by atoms with Gasteiger partial charge in [0.1, 0.15) is 0 Å². The molecule has 7 heteroatoms. The second kappa shape index (κ2) is 11.5. The number of hydrogen-bond acceptors (Lipinski definition) is 2. The van der Waals surface area contributed by atoms with E-state index in [9.17, 15) is 14.7 Å². The van der Waals surface area contributed by atoms with E-state index in [0.717, 1.165) is 60.1 Å². The standard InChI is InChI=1S/C28H32Cl2N2O3/c1-31-24-14-13-22(30)17-23(24)26(27(33)32-15-7-10-20(18-32)28(34)35)25(31)12-5-3-2-4-8-19-9-6-11-21(29)16-19/h6,9,11,13-14,16-17,20H,2-5,7-8,10,12,15,18H2,1H3,(H,34,35)/t20-/m1/s1. The molecule has 1 saturated heterocycles. The van der Waals surface area contributed by atoms with Crippen molar-refractivity contribution in [3.05, 3.63) is 69.3 Å². The predicted molar refractivity (Wildman–Crippen MR) is 142 cm³/mol. The van der Waals surface area contributed by atoms with Gasteiger partial charge >= 0.3 is 5.97 Å². The van der Waals surface area contributed by atoms with Crippen LogP contribution in [0.1, 0.15) is 60.1 Å². The minimum atomic E-state index is -0.832. The Morgan fingerprint density at radius 2 is 1.74 bits per heavy atom. The largest absolute Gasteiger partial charge is 0.481 e. The van der Waals surface area contributed by atoms with Crippen molar-refractivity contribution in [3.63, 3.8) is 0 Å². The van der Waals surface area contributed by atoms with Crippen LogP contribution in [0, 0.1) is 5.92 Å². The molecule has 1 amide bonds. The van der Waals surface area contributed by atoms with E-state index in [2.05, 4.69) is 10.6 Å². The van der Waals surface area contributed by atoms with Crippen molar-refractivity contribution in [1.82, 2.24) is 9.47 Å². The molecule has 1 N–H and O–H groups in total. The van der Waals surface area contributed by atoms with E-state index in [-0.39, 0.29) is 12.5 Å². The second-order valence-corrected chi connectivity index (χ2v) is 10.4. The van der Waals surface area contributed by atoms with Gasteiger partial charge in [-0.15, -0.1) is 0 Å². The zero-order valence-electron chi connectivity index (χ0n) is 20.1. The van der Waals surface area contributed by atoms with Crippen LogP contribution in [0.5, 0.6) is 0 Å². The molecule has 1 aliphatic heterocycles. The molecule has 186 valence electrons. The molecule has 1 aromatic heterocycles. The number of aryl methyl sites for hydroxylation is 2. The van der Waals surface area contributed by atoms with Crippen molar-refractivity contribution in [1.29, 1.82) is 0 Å². The number of aliphatic carboxylic acids is 1. The smallest absolute Gasteiger partial charge is 0.308 e. The van der Waals surface area contributed by atoms with Crippen LogP contribution in [-0.4, -0.2) is 39.5 Å². The van der Waals surface area contributed by atoms with Gasteiger partial charge in [-0.25, -0.2) is 0 Å². The quantitative estimate of drug-likeness (QED) is 0.320. The Kier molecular flexibility index (Phi) is 8.40. The zero-order chi connectivity index (χ0) is 24.9. The number of carboxylic acids is 1. The molecule has 0 radical (unpaired) electrons. The van der Waals surface area contributed by atoms with Gasteiger partial charge in [0.05, 0.1) is 11.5 Å². The van der Waals surface area contributed by atoms with Crippen LogP contribution in [0.4, 0.5) is 0 Å². The number of rotatable bonds is 9. The Morgan fingerprint density at radius 1 is 1.00 bits per heavy atom. The number of hydrogen-bond donors (Lipinski definition) is 1. The van der Waals surface area contributed by atoms with E-state index < -0.39 is 11.9 Å². The molecule has 0 saturated carbocycles. The van der Waals surface area contributed by atoms with E-state index in [0.29, 0.717) is 30.0 Å². The van der Waals surface area contributed by atoms with Crippen LogP contribution < -0.4 is 0 Å². The molecule has 35 heavy (non-hydrogen) atoms. The van der Waals surface area contributed by atoms with E-state index in [1.54, 1.807) is 4.90 Å². The van der Waals surface area contributed by atoms with Crippen molar-refractivity contribution in [2.24, 2.45) is 13.0 Å². The van der Waals surface area contributed by atoms with Crippen LogP contribution in [0.3, 0.4) is 0 Å². The van der Waals surface area contributed by atoms with Crippen molar-refractivity contribution in [3.8, 4) is 0 Å². The molecular weight excluding hydrogens is 483 g/mol.